The summed E-state index contributed by atoms with van der Waals surface area (Å²) in [6.45, 7) is 1.33. The standard InChI is InChI=1S/C11H12N2O6/c1-6(10(14)15)12-8-5-7(11(16)19-2)3-4-9(8)13(17)18/h3-6,12H,1-2H3,(H,14,15)/t6-/m1/s1. The van der Waals surface area contributed by atoms with Crippen molar-refractivity contribution in [1.82, 2.24) is 0 Å². The molecule has 1 aromatic carbocycles. The molecule has 1 atom stereocenters. The van der Waals surface area contributed by atoms with E-state index in [0.717, 1.165) is 6.07 Å². The molecule has 19 heavy (non-hydrogen) atoms. The zero-order valence-electron chi connectivity index (χ0n) is 10.2. The van der Waals surface area contributed by atoms with Crippen LogP contribution in [-0.4, -0.2) is 35.1 Å². The first kappa shape index (κ1) is 14.4. The minimum atomic E-state index is -1.17. The number of methoxy groups -OCH3 is 1. The minimum Gasteiger partial charge on any atom is -0.480 e. The second-order valence-electron chi connectivity index (χ2n) is 3.68. The van der Waals surface area contributed by atoms with Crippen molar-refractivity contribution in [2.75, 3.05) is 12.4 Å². The number of rotatable bonds is 5. The molecular weight excluding hydrogens is 256 g/mol. The summed E-state index contributed by atoms with van der Waals surface area (Å²) in [5.74, 6) is -1.83. The van der Waals surface area contributed by atoms with Gasteiger partial charge in [-0.1, -0.05) is 0 Å². The molecule has 0 radical (unpaired) electrons. The molecule has 0 unspecified atom stereocenters. The molecule has 0 aliphatic heterocycles. The number of ether oxygens (including phenoxy) is 1. The molecule has 0 saturated heterocycles. The molecule has 0 bridgehead atoms. The summed E-state index contributed by atoms with van der Waals surface area (Å²) in [6, 6.07) is 2.50. The summed E-state index contributed by atoms with van der Waals surface area (Å²) in [5, 5.41) is 22.1. The quantitative estimate of drug-likeness (QED) is 0.468. The van der Waals surface area contributed by atoms with Crippen LogP contribution in [0.3, 0.4) is 0 Å². The normalized spacial score (nSPS) is 11.5. The number of carbonyl (C=O) groups is 2. The number of esters is 1. The Bertz CT molecular complexity index is 528. The van der Waals surface area contributed by atoms with Crippen LogP contribution >= 0.6 is 0 Å². The maximum absolute atomic E-state index is 11.3. The highest BCUT2D eigenvalue weighted by Gasteiger charge is 2.20. The van der Waals surface area contributed by atoms with E-state index in [2.05, 4.69) is 10.1 Å². The number of aliphatic carboxylic acids is 1. The molecule has 102 valence electrons. The van der Waals surface area contributed by atoms with Crippen molar-refractivity contribution >= 4 is 23.3 Å². The van der Waals surface area contributed by atoms with Crippen LogP contribution in [0.25, 0.3) is 0 Å². The first-order valence-electron chi connectivity index (χ1n) is 5.23. The third-order valence-corrected chi connectivity index (χ3v) is 2.36. The number of hydrogen-bond donors (Lipinski definition) is 2. The molecule has 8 nitrogen and oxygen atoms in total. The van der Waals surface area contributed by atoms with Crippen LogP contribution in [0.15, 0.2) is 18.2 Å². The van der Waals surface area contributed by atoms with E-state index in [9.17, 15) is 19.7 Å². The minimum absolute atomic E-state index is 0.0530. The molecule has 0 fully saturated rings. The lowest BCUT2D eigenvalue weighted by Crippen LogP contribution is -2.26. The summed E-state index contributed by atoms with van der Waals surface area (Å²) >= 11 is 0. The highest BCUT2D eigenvalue weighted by molar-refractivity contribution is 5.92. The molecule has 0 aliphatic carbocycles. The van der Waals surface area contributed by atoms with Gasteiger partial charge < -0.3 is 15.2 Å². The number of anilines is 1. The van der Waals surface area contributed by atoms with Gasteiger partial charge in [-0.25, -0.2) is 4.79 Å². The number of carboxylic acids is 1. The average molecular weight is 268 g/mol. The third-order valence-electron chi connectivity index (χ3n) is 2.36. The maximum atomic E-state index is 11.3. The third kappa shape index (κ3) is 3.41. The van der Waals surface area contributed by atoms with Gasteiger partial charge in [0.05, 0.1) is 17.6 Å². The van der Waals surface area contributed by atoms with E-state index in [4.69, 9.17) is 5.11 Å². The summed E-state index contributed by atoms with van der Waals surface area (Å²) < 4.78 is 4.49. The Balaban J connectivity index is 3.19. The van der Waals surface area contributed by atoms with Crippen molar-refractivity contribution in [3.8, 4) is 0 Å². The molecule has 2 N–H and O–H groups in total. The molecule has 0 aliphatic rings. The fraction of sp³-hybridized carbons (Fsp3) is 0.273. The van der Waals surface area contributed by atoms with Gasteiger partial charge >= 0.3 is 11.9 Å². The van der Waals surface area contributed by atoms with Crippen molar-refractivity contribution in [3.63, 3.8) is 0 Å². The fourth-order valence-corrected chi connectivity index (χ4v) is 1.35. The number of nitrogens with one attached hydrogen (secondary N) is 1. The van der Waals surface area contributed by atoms with Crippen LogP contribution in [0.4, 0.5) is 11.4 Å². The van der Waals surface area contributed by atoms with Crippen molar-refractivity contribution in [1.29, 1.82) is 0 Å². The lowest BCUT2D eigenvalue weighted by molar-refractivity contribution is -0.384. The van der Waals surface area contributed by atoms with Crippen LogP contribution in [0.2, 0.25) is 0 Å². The Morgan fingerprint density at radius 2 is 2.11 bits per heavy atom. The summed E-state index contributed by atoms with van der Waals surface area (Å²) in [4.78, 5) is 32.2. The monoisotopic (exact) mass is 268 g/mol. The summed E-state index contributed by atoms with van der Waals surface area (Å²) in [7, 11) is 1.18. The van der Waals surface area contributed by atoms with Crippen LogP contribution in [-0.2, 0) is 9.53 Å². The van der Waals surface area contributed by atoms with Gasteiger partial charge in [-0.2, -0.15) is 0 Å². The molecule has 8 heteroatoms. The number of hydrogen-bond acceptors (Lipinski definition) is 6. The van der Waals surface area contributed by atoms with Crippen LogP contribution in [0.5, 0.6) is 0 Å². The Labute approximate surface area is 108 Å². The van der Waals surface area contributed by atoms with Crippen molar-refractivity contribution in [2.45, 2.75) is 13.0 Å². The predicted molar refractivity (Wildman–Crippen MR) is 65.2 cm³/mol. The second kappa shape index (κ2) is 5.80. The number of carboxylic acid groups (broad SMARTS) is 1. The summed E-state index contributed by atoms with van der Waals surface area (Å²) in [6.07, 6.45) is 0. The number of carbonyl (C=O) groups excluding carboxylic acids is 1. The van der Waals surface area contributed by atoms with Gasteiger partial charge in [-0.05, 0) is 19.1 Å². The molecular formula is C11H12N2O6. The van der Waals surface area contributed by atoms with Gasteiger partial charge in [0.15, 0.2) is 0 Å². The Kier molecular flexibility index (Phi) is 4.41. The number of benzene rings is 1. The topological polar surface area (TPSA) is 119 Å². The first-order valence-corrected chi connectivity index (χ1v) is 5.23. The zero-order chi connectivity index (χ0) is 14.6. The van der Waals surface area contributed by atoms with Gasteiger partial charge in [-0.15, -0.1) is 0 Å². The van der Waals surface area contributed by atoms with Crippen LogP contribution in [0, 0.1) is 10.1 Å². The lowest BCUT2D eigenvalue weighted by atomic mass is 10.1. The van der Waals surface area contributed by atoms with Gasteiger partial charge in [0, 0.05) is 6.07 Å². The molecule has 0 spiro atoms. The van der Waals surface area contributed by atoms with Crippen LogP contribution in [0.1, 0.15) is 17.3 Å². The smallest absolute Gasteiger partial charge is 0.337 e. The Morgan fingerprint density at radius 1 is 1.47 bits per heavy atom. The molecule has 1 aromatic rings. The first-order chi connectivity index (χ1) is 8.86. The molecule has 0 saturated carbocycles. The van der Waals surface area contributed by atoms with E-state index in [1.54, 1.807) is 0 Å². The van der Waals surface area contributed by atoms with Gasteiger partial charge in [-0.3, -0.25) is 14.9 Å². The number of nitro benzene ring substituents is 1. The second-order valence-corrected chi connectivity index (χ2v) is 3.68. The zero-order valence-corrected chi connectivity index (χ0v) is 10.2. The Morgan fingerprint density at radius 3 is 2.58 bits per heavy atom. The molecule has 1 rings (SSSR count). The van der Waals surface area contributed by atoms with E-state index in [-0.39, 0.29) is 16.9 Å². The Hall–Kier alpha value is -2.64. The van der Waals surface area contributed by atoms with E-state index in [0.29, 0.717) is 0 Å². The maximum Gasteiger partial charge on any atom is 0.337 e. The van der Waals surface area contributed by atoms with Crippen molar-refractivity contribution in [3.05, 3.63) is 33.9 Å². The van der Waals surface area contributed by atoms with Crippen molar-refractivity contribution in [2.24, 2.45) is 0 Å². The predicted octanol–water partition coefficient (Wildman–Crippen LogP) is 1.27. The van der Waals surface area contributed by atoms with E-state index in [1.807, 2.05) is 0 Å². The lowest BCUT2D eigenvalue weighted by Gasteiger charge is -2.11. The summed E-state index contributed by atoms with van der Waals surface area (Å²) in [5.41, 5.74) is -0.281. The largest absolute Gasteiger partial charge is 0.480 e. The molecule has 0 aromatic heterocycles. The number of nitro groups is 1. The molecule has 0 amide bonds. The van der Waals surface area contributed by atoms with Gasteiger partial charge in [0.25, 0.3) is 5.69 Å². The van der Waals surface area contributed by atoms with Gasteiger partial charge in [0.2, 0.25) is 0 Å². The van der Waals surface area contributed by atoms with E-state index < -0.39 is 22.9 Å². The highest BCUT2D eigenvalue weighted by Crippen LogP contribution is 2.26. The number of nitrogens with zero attached hydrogens (tertiary/aromatic N) is 1. The van der Waals surface area contributed by atoms with Crippen molar-refractivity contribution < 1.29 is 24.4 Å². The fourth-order valence-electron chi connectivity index (χ4n) is 1.35. The SMILES string of the molecule is COC(=O)c1ccc([N+](=O)[O-])c(N[C@H](C)C(=O)O)c1. The highest BCUT2D eigenvalue weighted by atomic mass is 16.6. The molecule has 0 heterocycles. The van der Waals surface area contributed by atoms with Crippen LogP contribution < -0.4 is 5.32 Å². The van der Waals surface area contributed by atoms with E-state index in [1.165, 1.54) is 26.2 Å². The van der Waals surface area contributed by atoms with Gasteiger partial charge in [0.1, 0.15) is 11.7 Å². The van der Waals surface area contributed by atoms with E-state index >= 15 is 0 Å². The average Bonchev–Trinajstić information content (AvgIpc) is 2.37.